The molecule has 0 bridgehead atoms. The Balaban J connectivity index is 2.41. The number of hydrogen-bond acceptors (Lipinski definition) is 6. The first-order valence-electron chi connectivity index (χ1n) is 6.49. The molecule has 0 saturated heterocycles. The zero-order chi connectivity index (χ0) is 13.2. The SMILES string of the molecule is CCCNc1cc(NCCCCCO)nc(N)n1. The molecule has 102 valence electrons. The lowest BCUT2D eigenvalue weighted by molar-refractivity contribution is 0.283. The number of unbranched alkanes of at least 4 members (excludes halogenated alkanes) is 2. The Bertz CT molecular complexity index is 345. The monoisotopic (exact) mass is 253 g/mol. The minimum absolute atomic E-state index is 0.255. The molecular weight excluding hydrogens is 230 g/mol. The van der Waals surface area contributed by atoms with E-state index in [1.165, 1.54) is 0 Å². The molecule has 0 atom stereocenters. The van der Waals surface area contributed by atoms with E-state index >= 15 is 0 Å². The van der Waals surface area contributed by atoms with Crippen molar-refractivity contribution in [2.45, 2.75) is 32.6 Å². The smallest absolute Gasteiger partial charge is 0.223 e. The van der Waals surface area contributed by atoms with Gasteiger partial charge in [0.1, 0.15) is 11.6 Å². The summed E-state index contributed by atoms with van der Waals surface area (Å²) in [5.74, 6) is 1.77. The molecule has 0 aliphatic carbocycles. The second-order valence-corrected chi connectivity index (χ2v) is 4.13. The Hall–Kier alpha value is -1.56. The highest BCUT2D eigenvalue weighted by Gasteiger charge is 2.01. The van der Waals surface area contributed by atoms with Gasteiger partial charge < -0.3 is 21.5 Å². The van der Waals surface area contributed by atoms with E-state index in [1.54, 1.807) is 0 Å². The van der Waals surface area contributed by atoms with E-state index in [2.05, 4.69) is 27.5 Å². The maximum Gasteiger partial charge on any atom is 0.223 e. The van der Waals surface area contributed by atoms with Crippen LogP contribution in [0.5, 0.6) is 0 Å². The van der Waals surface area contributed by atoms with Gasteiger partial charge in [0.2, 0.25) is 5.95 Å². The molecule has 18 heavy (non-hydrogen) atoms. The quantitative estimate of drug-likeness (QED) is 0.498. The molecule has 0 aromatic carbocycles. The molecule has 1 heterocycles. The predicted molar refractivity (Wildman–Crippen MR) is 74.7 cm³/mol. The molecule has 1 rings (SSSR count). The Kier molecular flexibility index (Phi) is 6.86. The summed E-state index contributed by atoms with van der Waals surface area (Å²) in [4.78, 5) is 8.24. The number of rotatable bonds is 9. The van der Waals surface area contributed by atoms with Crippen LogP contribution in [0.4, 0.5) is 17.6 Å². The number of nitrogen functional groups attached to an aromatic ring is 1. The number of hydrogen-bond donors (Lipinski definition) is 4. The van der Waals surface area contributed by atoms with Crippen molar-refractivity contribution in [1.29, 1.82) is 0 Å². The van der Waals surface area contributed by atoms with Crippen molar-refractivity contribution in [3.8, 4) is 0 Å². The first kappa shape index (κ1) is 14.5. The maximum absolute atomic E-state index is 8.67. The third-order valence-electron chi connectivity index (χ3n) is 2.44. The van der Waals surface area contributed by atoms with Crippen LogP contribution < -0.4 is 16.4 Å². The molecule has 0 aliphatic heterocycles. The molecule has 0 aliphatic rings. The Morgan fingerprint density at radius 1 is 1.11 bits per heavy atom. The topological polar surface area (TPSA) is 96.1 Å². The predicted octanol–water partition coefficient (Wildman–Crippen LogP) is 1.46. The van der Waals surface area contributed by atoms with Gasteiger partial charge in [0.05, 0.1) is 0 Å². The second-order valence-electron chi connectivity index (χ2n) is 4.13. The van der Waals surface area contributed by atoms with Crippen LogP contribution in [0, 0.1) is 0 Å². The zero-order valence-electron chi connectivity index (χ0n) is 10.9. The number of nitrogens with one attached hydrogen (secondary N) is 2. The van der Waals surface area contributed by atoms with Crippen LogP contribution in [0.3, 0.4) is 0 Å². The minimum atomic E-state index is 0.255. The van der Waals surface area contributed by atoms with E-state index in [4.69, 9.17) is 10.8 Å². The van der Waals surface area contributed by atoms with E-state index in [1.807, 2.05) is 6.07 Å². The first-order chi connectivity index (χ1) is 8.76. The van der Waals surface area contributed by atoms with E-state index in [9.17, 15) is 0 Å². The largest absolute Gasteiger partial charge is 0.396 e. The summed E-state index contributed by atoms with van der Waals surface area (Å²) >= 11 is 0. The molecule has 6 heteroatoms. The van der Waals surface area contributed by atoms with Crippen LogP contribution in [-0.4, -0.2) is 34.8 Å². The summed E-state index contributed by atoms with van der Waals surface area (Å²) in [6, 6.07) is 1.86. The standard InChI is InChI=1S/C12H23N5O/c1-2-6-14-10-9-11(17-12(13)16-10)15-7-4-3-5-8-18/h9,18H,2-8H2,1H3,(H4,13,14,15,16,17). The van der Waals surface area contributed by atoms with Crippen molar-refractivity contribution in [3.05, 3.63) is 6.07 Å². The highest BCUT2D eigenvalue weighted by atomic mass is 16.2. The van der Waals surface area contributed by atoms with Crippen LogP contribution in [0.15, 0.2) is 6.07 Å². The van der Waals surface area contributed by atoms with Crippen molar-refractivity contribution < 1.29 is 5.11 Å². The van der Waals surface area contributed by atoms with Gasteiger partial charge in [-0.3, -0.25) is 0 Å². The number of aliphatic hydroxyl groups is 1. The number of aliphatic hydroxyl groups excluding tert-OH is 1. The van der Waals surface area contributed by atoms with Crippen molar-refractivity contribution in [2.75, 3.05) is 36.1 Å². The van der Waals surface area contributed by atoms with Gasteiger partial charge in [-0.2, -0.15) is 9.97 Å². The lowest BCUT2D eigenvalue weighted by Crippen LogP contribution is -2.09. The second kappa shape index (κ2) is 8.52. The molecule has 1 aromatic rings. The van der Waals surface area contributed by atoms with Gasteiger partial charge in [-0.1, -0.05) is 6.92 Å². The summed E-state index contributed by atoms with van der Waals surface area (Å²) in [7, 11) is 0. The summed E-state index contributed by atoms with van der Waals surface area (Å²) < 4.78 is 0. The van der Waals surface area contributed by atoms with Crippen LogP contribution in [0.1, 0.15) is 32.6 Å². The van der Waals surface area contributed by atoms with Crippen molar-refractivity contribution in [2.24, 2.45) is 0 Å². The van der Waals surface area contributed by atoms with Gasteiger partial charge >= 0.3 is 0 Å². The summed E-state index contributed by atoms with van der Waals surface area (Å²) in [5.41, 5.74) is 5.65. The van der Waals surface area contributed by atoms with Crippen LogP contribution in [0.25, 0.3) is 0 Å². The first-order valence-corrected chi connectivity index (χ1v) is 6.49. The molecule has 5 N–H and O–H groups in total. The average molecular weight is 253 g/mol. The van der Waals surface area contributed by atoms with Gasteiger partial charge in [0.25, 0.3) is 0 Å². The molecule has 6 nitrogen and oxygen atoms in total. The Morgan fingerprint density at radius 2 is 1.78 bits per heavy atom. The fourth-order valence-corrected chi connectivity index (χ4v) is 1.53. The lowest BCUT2D eigenvalue weighted by Gasteiger charge is -2.09. The van der Waals surface area contributed by atoms with Crippen LogP contribution >= 0.6 is 0 Å². The van der Waals surface area contributed by atoms with Gasteiger partial charge in [-0.25, -0.2) is 0 Å². The third-order valence-corrected chi connectivity index (χ3v) is 2.44. The Morgan fingerprint density at radius 3 is 2.39 bits per heavy atom. The van der Waals surface area contributed by atoms with Crippen LogP contribution in [-0.2, 0) is 0 Å². The molecule has 0 fully saturated rings. The number of nitrogens with zero attached hydrogens (tertiary/aromatic N) is 2. The van der Waals surface area contributed by atoms with E-state index in [-0.39, 0.29) is 12.6 Å². The highest BCUT2D eigenvalue weighted by Crippen LogP contribution is 2.12. The molecular formula is C12H23N5O. The fourth-order valence-electron chi connectivity index (χ4n) is 1.53. The summed E-state index contributed by atoms with van der Waals surface area (Å²) in [6.07, 6.45) is 3.89. The van der Waals surface area contributed by atoms with Gasteiger partial charge in [0.15, 0.2) is 0 Å². The lowest BCUT2D eigenvalue weighted by atomic mass is 10.2. The molecule has 0 unspecified atom stereocenters. The van der Waals surface area contributed by atoms with Crippen LogP contribution in [0.2, 0.25) is 0 Å². The normalized spacial score (nSPS) is 10.3. The minimum Gasteiger partial charge on any atom is -0.396 e. The van der Waals surface area contributed by atoms with E-state index < -0.39 is 0 Å². The Labute approximate surface area is 108 Å². The number of anilines is 3. The third kappa shape index (κ3) is 5.67. The molecule has 1 aromatic heterocycles. The maximum atomic E-state index is 8.67. The van der Waals surface area contributed by atoms with E-state index in [0.717, 1.165) is 50.4 Å². The number of nitrogens with two attached hydrogens (primary N) is 1. The summed E-state index contributed by atoms with van der Waals surface area (Å²) in [5, 5.41) is 15.1. The number of aromatic nitrogens is 2. The van der Waals surface area contributed by atoms with Crippen molar-refractivity contribution in [3.63, 3.8) is 0 Å². The van der Waals surface area contributed by atoms with Gasteiger partial charge in [-0.05, 0) is 25.7 Å². The van der Waals surface area contributed by atoms with Gasteiger partial charge in [0, 0.05) is 25.8 Å². The van der Waals surface area contributed by atoms with Crippen molar-refractivity contribution in [1.82, 2.24) is 9.97 Å². The summed E-state index contributed by atoms with van der Waals surface area (Å²) in [6.45, 7) is 4.04. The molecule has 0 amide bonds. The highest BCUT2D eigenvalue weighted by molar-refractivity contribution is 5.50. The van der Waals surface area contributed by atoms with E-state index in [0.29, 0.717) is 0 Å². The molecule has 0 saturated carbocycles. The molecule has 0 radical (unpaired) electrons. The van der Waals surface area contributed by atoms with Gasteiger partial charge in [-0.15, -0.1) is 0 Å². The molecule has 0 spiro atoms. The fraction of sp³-hybridized carbons (Fsp3) is 0.667. The van der Waals surface area contributed by atoms with Crippen molar-refractivity contribution >= 4 is 17.6 Å². The average Bonchev–Trinajstić information content (AvgIpc) is 2.35. The zero-order valence-corrected chi connectivity index (χ0v) is 10.9.